The Bertz CT molecular complexity index is 506. The van der Waals surface area contributed by atoms with Gasteiger partial charge >= 0.3 is 0 Å². The predicted molar refractivity (Wildman–Crippen MR) is 75.4 cm³/mol. The van der Waals surface area contributed by atoms with Gasteiger partial charge in [0.25, 0.3) is 0 Å². The number of halogens is 2. The van der Waals surface area contributed by atoms with E-state index in [0.29, 0.717) is 11.0 Å². The normalized spacial score (nSPS) is 19.8. The molecule has 0 bridgehead atoms. The molecule has 1 aliphatic heterocycles. The average molecular weight is 357 g/mol. The molecule has 1 unspecified atom stereocenters. The second-order valence-electron chi connectivity index (χ2n) is 4.01. The van der Waals surface area contributed by atoms with Crippen LogP contribution in [0.5, 0.6) is 0 Å². The zero-order valence-corrected chi connectivity index (χ0v) is 13.1. The predicted octanol–water partition coefficient (Wildman–Crippen LogP) is 1.25. The third-order valence-corrected chi connectivity index (χ3v) is 5.21. The van der Waals surface area contributed by atoms with E-state index >= 15 is 0 Å². The van der Waals surface area contributed by atoms with Crippen molar-refractivity contribution in [2.24, 2.45) is 0 Å². The molecule has 8 heteroatoms. The summed E-state index contributed by atoms with van der Waals surface area (Å²) >= 11 is 3.23. The maximum Gasteiger partial charge on any atom is 0.244 e. The Morgan fingerprint density at radius 3 is 2.78 bits per heavy atom. The molecule has 2 rings (SSSR count). The van der Waals surface area contributed by atoms with E-state index in [9.17, 15) is 8.42 Å². The van der Waals surface area contributed by atoms with Gasteiger partial charge in [-0.15, -0.1) is 12.4 Å². The highest BCUT2D eigenvalue weighted by molar-refractivity contribution is 9.10. The van der Waals surface area contributed by atoms with Crippen LogP contribution in [0.4, 0.5) is 0 Å². The van der Waals surface area contributed by atoms with E-state index in [2.05, 4.69) is 26.2 Å². The molecule has 1 atom stereocenters. The van der Waals surface area contributed by atoms with E-state index in [1.54, 1.807) is 19.3 Å². The van der Waals surface area contributed by atoms with Gasteiger partial charge in [0.2, 0.25) is 10.0 Å². The quantitative estimate of drug-likeness (QED) is 0.885. The summed E-state index contributed by atoms with van der Waals surface area (Å²) in [6.45, 7) is 1.57. The number of hydrogen-bond donors (Lipinski definition) is 1. The van der Waals surface area contributed by atoms with Crippen molar-refractivity contribution >= 4 is 38.4 Å². The largest absolute Gasteiger partial charge is 0.315 e. The Kier molecular flexibility index (Phi) is 5.54. The van der Waals surface area contributed by atoms with Gasteiger partial charge in [0.05, 0.1) is 0 Å². The summed E-state index contributed by atoms with van der Waals surface area (Å²) in [7, 11) is -1.83. The summed E-state index contributed by atoms with van der Waals surface area (Å²) < 4.78 is 26.7. The molecule has 0 amide bonds. The van der Waals surface area contributed by atoms with Crippen LogP contribution >= 0.6 is 28.3 Å². The number of sulfonamides is 1. The monoisotopic (exact) mass is 355 g/mol. The number of nitrogens with one attached hydrogen (secondary N) is 1. The van der Waals surface area contributed by atoms with Crippen molar-refractivity contribution in [1.82, 2.24) is 14.6 Å². The molecule has 0 aromatic carbocycles. The van der Waals surface area contributed by atoms with E-state index in [1.165, 1.54) is 10.5 Å². The Hall–Kier alpha value is -0.210. The lowest BCUT2D eigenvalue weighted by Crippen LogP contribution is -2.38. The molecule has 18 heavy (non-hydrogen) atoms. The van der Waals surface area contributed by atoms with Gasteiger partial charge in [-0.1, -0.05) is 0 Å². The Morgan fingerprint density at radius 2 is 2.22 bits per heavy atom. The summed E-state index contributed by atoms with van der Waals surface area (Å²) in [5.41, 5.74) is 0. The number of likely N-dealkylation sites (N-methyl/N-ethyl adjacent to an activating group) is 1. The molecular formula is C10H15BrClN3O2S. The summed E-state index contributed by atoms with van der Waals surface area (Å²) in [5.74, 6) is 0. The van der Waals surface area contributed by atoms with Crippen molar-refractivity contribution in [3.63, 3.8) is 0 Å². The molecule has 1 aromatic heterocycles. The Morgan fingerprint density at radius 1 is 1.50 bits per heavy atom. The van der Waals surface area contributed by atoms with Gasteiger partial charge in [0.1, 0.15) is 4.90 Å². The maximum absolute atomic E-state index is 12.3. The first-order valence-corrected chi connectivity index (χ1v) is 7.54. The minimum atomic E-state index is -3.44. The smallest absolute Gasteiger partial charge is 0.244 e. The minimum absolute atomic E-state index is 0. The topological polar surface area (TPSA) is 62.3 Å². The number of rotatable bonds is 3. The van der Waals surface area contributed by atoms with E-state index in [1.807, 2.05) is 0 Å². The zero-order valence-electron chi connectivity index (χ0n) is 9.84. The highest BCUT2D eigenvalue weighted by atomic mass is 79.9. The van der Waals surface area contributed by atoms with Crippen LogP contribution < -0.4 is 5.32 Å². The van der Waals surface area contributed by atoms with Crippen LogP contribution in [-0.2, 0) is 10.0 Å². The van der Waals surface area contributed by atoms with E-state index in [0.717, 1.165) is 13.0 Å². The lowest BCUT2D eigenvalue weighted by atomic mass is 10.3. The van der Waals surface area contributed by atoms with Crippen molar-refractivity contribution in [2.75, 3.05) is 20.1 Å². The van der Waals surface area contributed by atoms with Crippen LogP contribution in [0.25, 0.3) is 0 Å². The lowest BCUT2D eigenvalue weighted by Gasteiger charge is -2.22. The summed E-state index contributed by atoms with van der Waals surface area (Å²) in [6, 6.07) is 1.60. The number of pyridine rings is 1. The standard InChI is InChI=1S/C10H14BrN3O2S.ClH/c1-14(9-2-3-12-6-9)17(15,16)10-4-8(11)5-13-7-10;/h4-5,7,9,12H,2-3,6H2,1H3;1H. The SMILES string of the molecule is CN(C1CCNC1)S(=O)(=O)c1cncc(Br)c1.Cl. The van der Waals surface area contributed by atoms with Crippen LogP contribution in [0.2, 0.25) is 0 Å². The second-order valence-corrected chi connectivity index (χ2v) is 6.92. The highest BCUT2D eigenvalue weighted by Gasteiger charge is 2.30. The van der Waals surface area contributed by atoms with Crippen molar-refractivity contribution in [1.29, 1.82) is 0 Å². The van der Waals surface area contributed by atoms with Gasteiger partial charge in [-0.05, 0) is 35.0 Å². The van der Waals surface area contributed by atoms with Crippen LogP contribution in [0.15, 0.2) is 27.8 Å². The molecule has 2 heterocycles. The van der Waals surface area contributed by atoms with Crippen LogP contribution in [0.1, 0.15) is 6.42 Å². The molecule has 1 fully saturated rings. The summed E-state index contributed by atoms with van der Waals surface area (Å²) in [5, 5.41) is 3.16. The number of hydrogen-bond acceptors (Lipinski definition) is 4. The Balaban J connectivity index is 0.00000162. The minimum Gasteiger partial charge on any atom is -0.315 e. The Labute approximate surface area is 122 Å². The number of nitrogens with zero attached hydrogens (tertiary/aromatic N) is 2. The highest BCUT2D eigenvalue weighted by Crippen LogP contribution is 2.21. The first-order chi connectivity index (χ1) is 8.01. The van der Waals surface area contributed by atoms with Crippen molar-refractivity contribution in [2.45, 2.75) is 17.4 Å². The number of aromatic nitrogens is 1. The summed E-state index contributed by atoms with van der Waals surface area (Å²) in [4.78, 5) is 4.11. The van der Waals surface area contributed by atoms with Gasteiger partial charge in [0, 0.05) is 36.5 Å². The molecule has 1 saturated heterocycles. The van der Waals surface area contributed by atoms with E-state index in [4.69, 9.17) is 0 Å². The van der Waals surface area contributed by atoms with Crippen LogP contribution in [-0.4, -0.2) is 43.9 Å². The average Bonchev–Trinajstić information content (AvgIpc) is 2.81. The second kappa shape index (κ2) is 6.29. The lowest BCUT2D eigenvalue weighted by molar-refractivity contribution is 0.387. The maximum atomic E-state index is 12.3. The van der Waals surface area contributed by atoms with Crippen molar-refractivity contribution in [3.8, 4) is 0 Å². The fourth-order valence-electron chi connectivity index (χ4n) is 1.85. The van der Waals surface area contributed by atoms with Crippen LogP contribution in [0, 0.1) is 0 Å². The third-order valence-electron chi connectivity index (χ3n) is 2.91. The molecule has 1 N–H and O–H groups in total. The van der Waals surface area contributed by atoms with Gasteiger partial charge < -0.3 is 5.32 Å². The molecule has 0 radical (unpaired) electrons. The van der Waals surface area contributed by atoms with Gasteiger partial charge in [-0.25, -0.2) is 8.42 Å². The zero-order chi connectivity index (χ0) is 12.5. The van der Waals surface area contributed by atoms with E-state index in [-0.39, 0.29) is 23.3 Å². The molecule has 1 aliphatic rings. The van der Waals surface area contributed by atoms with E-state index < -0.39 is 10.0 Å². The molecule has 0 aliphatic carbocycles. The van der Waals surface area contributed by atoms with Gasteiger partial charge in [-0.2, -0.15) is 4.31 Å². The molecule has 1 aromatic rings. The molecule has 102 valence electrons. The van der Waals surface area contributed by atoms with Gasteiger partial charge in [-0.3, -0.25) is 4.98 Å². The fourth-order valence-corrected chi connectivity index (χ4v) is 3.74. The summed E-state index contributed by atoms with van der Waals surface area (Å²) in [6.07, 6.45) is 3.78. The third kappa shape index (κ3) is 3.21. The molecule has 0 saturated carbocycles. The molecule has 5 nitrogen and oxygen atoms in total. The molecule has 0 spiro atoms. The first-order valence-electron chi connectivity index (χ1n) is 5.31. The van der Waals surface area contributed by atoms with Crippen molar-refractivity contribution < 1.29 is 8.42 Å². The van der Waals surface area contributed by atoms with Gasteiger partial charge in [0.15, 0.2) is 0 Å². The fraction of sp³-hybridized carbons (Fsp3) is 0.500. The molecular weight excluding hydrogens is 342 g/mol. The van der Waals surface area contributed by atoms with Crippen LogP contribution in [0.3, 0.4) is 0 Å². The van der Waals surface area contributed by atoms with Crippen molar-refractivity contribution in [3.05, 3.63) is 22.9 Å². The first kappa shape index (κ1) is 15.8.